The van der Waals surface area contributed by atoms with E-state index in [-0.39, 0.29) is 0 Å². The van der Waals surface area contributed by atoms with E-state index in [2.05, 4.69) is 26.0 Å². The molecule has 0 aliphatic heterocycles. The minimum Gasteiger partial charge on any atom is -0.379 e. The quantitative estimate of drug-likeness (QED) is 0.277. The highest BCUT2D eigenvalue weighted by Crippen LogP contribution is 2.31. The van der Waals surface area contributed by atoms with E-state index in [1.54, 1.807) is 0 Å². The van der Waals surface area contributed by atoms with Gasteiger partial charge in [0.1, 0.15) is 0 Å². The molecule has 3 nitrogen and oxygen atoms in total. The second-order valence-electron chi connectivity index (χ2n) is 8.52. The molecule has 0 amide bonds. The third kappa shape index (κ3) is 10.1. The Morgan fingerprint density at radius 1 is 0.593 bits per heavy atom. The highest BCUT2D eigenvalue weighted by molar-refractivity contribution is 4.96. The molecule has 0 heterocycles. The highest BCUT2D eigenvalue weighted by Gasteiger charge is 2.22. The summed E-state index contributed by atoms with van der Waals surface area (Å²) in [5, 5.41) is 0. The van der Waals surface area contributed by atoms with Crippen LogP contribution in [0.4, 0.5) is 0 Å². The summed E-state index contributed by atoms with van der Waals surface area (Å²) in [6.07, 6.45) is 20.9. The van der Waals surface area contributed by atoms with Gasteiger partial charge in [-0.3, -0.25) is 0 Å². The molecule has 0 bridgehead atoms. The molecule has 0 spiro atoms. The maximum Gasteiger partial charge on any atom is 0.0704 e. The summed E-state index contributed by atoms with van der Waals surface area (Å²) in [6, 6.07) is 0. The highest BCUT2D eigenvalue weighted by atomic mass is 16.5. The zero-order valence-corrected chi connectivity index (χ0v) is 18.0. The molecule has 0 N–H and O–H groups in total. The fourth-order valence-corrected chi connectivity index (χ4v) is 4.23. The molecule has 2 aliphatic carbocycles. The molecule has 3 heteroatoms. The number of allylic oxidation sites excluding steroid dienone is 2. The van der Waals surface area contributed by atoms with E-state index in [1.165, 1.54) is 70.6 Å². The van der Waals surface area contributed by atoms with E-state index in [4.69, 9.17) is 14.2 Å². The van der Waals surface area contributed by atoms with Gasteiger partial charge in [0, 0.05) is 13.2 Å². The van der Waals surface area contributed by atoms with E-state index >= 15 is 0 Å². The predicted molar refractivity (Wildman–Crippen MR) is 113 cm³/mol. The average Bonchev–Trinajstić information content (AvgIpc) is 2.71. The summed E-state index contributed by atoms with van der Waals surface area (Å²) >= 11 is 0. The molecule has 0 aromatic heterocycles. The van der Waals surface area contributed by atoms with Crippen molar-refractivity contribution in [3.63, 3.8) is 0 Å². The maximum absolute atomic E-state index is 6.00. The topological polar surface area (TPSA) is 27.7 Å². The van der Waals surface area contributed by atoms with Gasteiger partial charge in [-0.05, 0) is 76.0 Å². The molecular formula is C24H44O3. The number of unbranched alkanes of at least 4 members (excludes halogenated alkanes) is 2. The normalized spacial score (nSPS) is 29.4. The van der Waals surface area contributed by atoms with E-state index in [9.17, 15) is 0 Å². The smallest absolute Gasteiger partial charge is 0.0704 e. The van der Waals surface area contributed by atoms with E-state index in [0.29, 0.717) is 12.2 Å². The summed E-state index contributed by atoms with van der Waals surface area (Å²) in [7, 11) is 0. The van der Waals surface area contributed by atoms with Gasteiger partial charge < -0.3 is 14.2 Å². The summed E-state index contributed by atoms with van der Waals surface area (Å²) in [4.78, 5) is 0. The molecule has 0 aromatic rings. The zero-order chi connectivity index (χ0) is 19.2. The summed E-state index contributed by atoms with van der Waals surface area (Å²) in [5.41, 5.74) is 0. The second kappa shape index (κ2) is 14.6. The number of ether oxygens (including phenoxy) is 3. The molecule has 0 saturated heterocycles. The van der Waals surface area contributed by atoms with Gasteiger partial charge in [-0.1, -0.05) is 38.8 Å². The molecule has 27 heavy (non-hydrogen) atoms. The van der Waals surface area contributed by atoms with Crippen LogP contribution >= 0.6 is 0 Å². The lowest BCUT2D eigenvalue weighted by Gasteiger charge is -2.29. The van der Waals surface area contributed by atoms with Crippen LogP contribution in [0.1, 0.15) is 90.9 Å². The van der Waals surface area contributed by atoms with Crippen LogP contribution in [-0.4, -0.2) is 38.6 Å². The average molecular weight is 381 g/mol. The predicted octanol–water partition coefficient (Wildman–Crippen LogP) is 6.31. The van der Waals surface area contributed by atoms with Crippen molar-refractivity contribution < 1.29 is 14.2 Å². The van der Waals surface area contributed by atoms with Gasteiger partial charge >= 0.3 is 0 Å². The lowest BCUT2D eigenvalue weighted by Crippen LogP contribution is -2.23. The van der Waals surface area contributed by atoms with Crippen molar-refractivity contribution in [1.82, 2.24) is 0 Å². The van der Waals surface area contributed by atoms with E-state index in [1.807, 2.05) is 0 Å². The van der Waals surface area contributed by atoms with Crippen LogP contribution in [-0.2, 0) is 14.2 Å². The lowest BCUT2D eigenvalue weighted by atomic mass is 9.83. The molecule has 2 fully saturated rings. The van der Waals surface area contributed by atoms with Gasteiger partial charge in [0.2, 0.25) is 0 Å². The Hall–Kier alpha value is -0.380. The van der Waals surface area contributed by atoms with Gasteiger partial charge in [0.15, 0.2) is 0 Å². The first-order valence-corrected chi connectivity index (χ1v) is 11.8. The Kier molecular flexibility index (Phi) is 12.4. The van der Waals surface area contributed by atoms with Crippen LogP contribution in [0.15, 0.2) is 12.2 Å². The van der Waals surface area contributed by atoms with Gasteiger partial charge in [-0.25, -0.2) is 0 Å². The largest absolute Gasteiger partial charge is 0.379 e. The van der Waals surface area contributed by atoms with Crippen molar-refractivity contribution in [2.45, 2.75) is 103 Å². The number of rotatable bonds is 13. The second-order valence-corrected chi connectivity index (χ2v) is 8.52. The van der Waals surface area contributed by atoms with Gasteiger partial charge in [0.05, 0.1) is 25.4 Å². The van der Waals surface area contributed by atoms with Crippen LogP contribution in [0.3, 0.4) is 0 Å². The van der Waals surface area contributed by atoms with Crippen molar-refractivity contribution in [1.29, 1.82) is 0 Å². The maximum atomic E-state index is 6.00. The monoisotopic (exact) mass is 380 g/mol. The first-order valence-electron chi connectivity index (χ1n) is 11.8. The summed E-state index contributed by atoms with van der Waals surface area (Å²) in [5.74, 6) is 1.55. The van der Waals surface area contributed by atoms with Crippen molar-refractivity contribution in [2.24, 2.45) is 11.8 Å². The standard InChI is InChI=1S/C24H44O3/c1-3-5-17-25-19-20-27-24-15-11-22(12-16-24)8-7-21-9-13-23(14-10-21)26-18-6-4-2/h7-8,21-24H,3-6,9-20H2,1-2H3. The zero-order valence-electron chi connectivity index (χ0n) is 18.0. The fourth-order valence-electron chi connectivity index (χ4n) is 4.23. The lowest BCUT2D eigenvalue weighted by molar-refractivity contribution is -0.0142. The Balaban J connectivity index is 1.50. The van der Waals surface area contributed by atoms with Crippen molar-refractivity contribution in [3.8, 4) is 0 Å². The minimum absolute atomic E-state index is 0.458. The Morgan fingerprint density at radius 2 is 1.07 bits per heavy atom. The van der Waals surface area contributed by atoms with Crippen molar-refractivity contribution in [3.05, 3.63) is 12.2 Å². The first-order chi connectivity index (χ1) is 13.3. The van der Waals surface area contributed by atoms with Crippen LogP contribution in [0, 0.1) is 11.8 Å². The van der Waals surface area contributed by atoms with Gasteiger partial charge in [0.25, 0.3) is 0 Å². The molecule has 2 saturated carbocycles. The summed E-state index contributed by atoms with van der Waals surface area (Å²) in [6.45, 7) is 7.78. The number of hydrogen-bond donors (Lipinski definition) is 0. The van der Waals surface area contributed by atoms with Crippen molar-refractivity contribution in [2.75, 3.05) is 26.4 Å². The first kappa shape index (κ1) is 22.9. The molecule has 2 aliphatic rings. The molecular weight excluding hydrogens is 336 g/mol. The van der Waals surface area contributed by atoms with E-state index < -0.39 is 0 Å². The molecule has 2 rings (SSSR count). The molecule has 0 atom stereocenters. The van der Waals surface area contributed by atoms with Crippen LogP contribution in [0.25, 0.3) is 0 Å². The fraction of sp³-hybridized carbons (Fsp3) is 0.917. The van der Waals surface area contributed by atoms with Crippen LogP contribution < -0.4 is 0 Å². The summed E-state index contributed by atoms with van der Waals surface area (Å²) < 4.78 is 17.6. The third-order valence-corrected chi connectivity index (χ3v) is 6.17. The number of hydrogen-bond acceptors (Lipinski definition) is 3. The third-order valence-electron chi connectivity index (χ3n) is 6.17. The molecule has 158 valence electrons. The van der Waals surface area contributed by atoms with Gasteiger partial charge in [-0.2, -0.15) is 0 Å². The minimum atomic E-state index is 0.458. The Bertz CT molecular complexity index is 366. The van der Waals surface area contributed by atoms with E-state index in [0.717, 1.165) is 44.7 Å². The van der Waals surface area contributed by atoms with Crippen LogP contribution in [0.2, 0.25) is 0 Å². The Labute approximate surface area is 168 Å². The molecule has 0 aromatic carbocycles. The SMILES string of the molecule is CCCCOCCOC1CCC(C=CC2CCC(OCCCC)CC2)CC1. The Morgan fingerprint density at radius 3 is 1.59 bits per heavy atom. The molecule has 0 radical (unpaired) electrons. The molecule has 0 unspecified atom stereocenters. The van der Waals surface area contributed by atoms with Gasteiger partial charge in [-0.15, -0.1) is 0 Å². The van der Waals surface area contributed by atoms with Crippen LogP contribution in [0.5, 0.6) is 0 Å². The van der Waals surface area contributed by atoms with Crippen molar-refractivity contribution >= 4 is 0 Å².